The van der Waals surface area contributed by atoms with Gasteiger partial charge in [0.1, 0.15) is 26.4 Å². The first-order valence-electron chi connectivity index (χ1n) is 12.2. The first-order chi connectivity index (χ1) is 18.6. The van der Waals surface area contributed by atoms with Crippen LogP contribution in [0.4, 0.5) is 23.1 Å². The summed E-state index contributed by atoms with van der Waals surface area (Å²) in [6, 6.07) is 8.75. The number of carbonyl (C=O) groups is 1. The average Bonchev–Trinajstić information content (AvgIpc) is 3.10. The Bertz CT molecular complexity index is 1480. The van der Waals surface area contributed by atoms with Gasteiger partial charge in [0, 0.05) is 31.5 Å². The van der Waals surface area contributed by atoms with E-state index < -0.39 is 15.7 Å². The number of hydrogen-bond acceptors (Lipinski definition) is 10. The maximum Gasteiger partial charge on any atom is 0.248 e. The molecule has 0 atom stereocenters. The van der Waals surface area contributed by atoms with Crippen molar-refractivity contribution in [3.63, 3.8) is 0 Å². The Kier molecular flexibility index (Phi) is 8.78. The lowest BCUT2D eigenvalue weighted by atomic mass is 10.0. The van der Waals surface area contributed by atoms with Crippen LogP contribution in [0, 0.1) is 0 Å². The Morgan fingerprint density at radius 3 is 2.36 bits per heavy atom. The second kappa shape index (κ2) is 12.1. The maximum absolute atomic E-state index is 11.7. The summed E-state index contributed by atoms with van der Waals surface area (Å²) in [6.45, 7) is 2.04. The lowest BCUT2D eigenvalue weighted by Gasteiger charge is -2.18. The van der Waals surface area contributed by atoms with Crippen molar-refractivity contribution in [1.29, 1.82) is 0 Å². The normalized spacial score (nSPS) is 13.7. The summed E-state index contributed by atoms with van der Waals surface area (Å²) >= 11 is 6.37. The van der Waals surface area contributed by atoms with Crippen molar-refractivity contribution in [2.45, 2.75) is 12.8 Å². The summed E-state index contributed by atoms with van der Waals surface area (Å²) in [5.74, 6) is 1.23. The van der Waals surface area contributed by atoms with Gasteiger partial charge in [-0.15, -0.1) is 0 Å². The van der Waals surface area contributed by atoms with Gasteiger partial charge in [0.25, 0.3) is 0 Å². The molecule has 39 heavy (non-hydrogen) atoms. The third-order valence-electron chi connectivity index (χ3n) is 6.42. The van der Waals surface area contributed by atoms with E-state index in [1.54, 1.807) is 25.3 Å². The van der Waals surface area contributed by atoms with Crippen LogP contribution in [0.1, 0.15) is 21.5 Å². The first kappa shape index (κ1) is 28.4. The molecule has 1 aliphatic heterocycles. The number of sulfone groups is 1. The average molecular weight is 575 g/mol. The minimum atomic E-state index is -3.02. The number of anilines is 4. The fraction of sp³-hybridized carbons (Fsp3) is 0.346. The Labute approximate surface area is 232 Å². The minimum absolute atomic E-state index is 0.141. The van der Waals surface area contributed by atoms with Crippen LogP contribution in [0.2, 0.25) is 5.02 Å². The Balaban J connectivity index is 1.56. The number of benzene rings is 2. The van der Waals surface area contributed by atoms with Crippen LogP contribution in [0.5, 0.6) is 11.5 Å². The number of methoxy groups -OCH3 is 2. The SMILES string of the molecule is COc1cc2c(cc1Nc1ncc(Cl)c(Nc3cc(C(N)=O)ccc3OC)n1)CCN(CCS(C)(=O)=O)CC2. The van der Waals surface area contributed by atoms with Crippen molar-refractivity contribution < 1.29 is 22.7 Å². The summed E-state index contributed by atoms with van der Waals surface area (Å²) in [4.78, 5) is 22.7. The molecule has 208 valence electrons. The van der Waals surface area contributed by atoms with Crippen molar-refractivity contribution >= 4 is 50.5 Å². The number of primary amides is 1. The highest BCUT2D eigenvalue weighted by Gasteiger charge is 2.19. The smallest absolute Gasteiger partial charge is 0.248 e. The molecule has 0 bridgehead atoms. The number of rotatable bonds is 10. The number of aromatic nitrogens is 2. The summed E-state index contributed by atoms with van der Waals surface area (Å²) in [5.41, 5.74) is 9.16. The van der Waals surface area contributed by atoms with E-state index in [-0.39, 0.29) is 16.7 Å². The summed E-state index contributed by atoms with van der Waals surface area (Å²) in [6.07, 6.45) is 4.27. The van der Waals surface area contributed by atoms with E-state index in [9.17, 15) is 13.2 Å². The number of nitrogens with zero attached hydrogens (tertiary/aromatic N) is 3. The molecule has 4 rings (SSSR count). The van der Waals surface area contributed by atoms with Gasteiger partial charge in [-0.1, -0.05) is 11.6 Å². The van der Waals surface area contributed by atoms with Crippen molar-refractivity contribution in [2.75, 3.05) is 56.5 Å². The fourth-order valence-electron chi connectivity index (χ4n) is 4.31. The molecular weight excluding hydrogens is 544 g/mol. The molecule has 2 heterocycles. The molecule has 1 aromatic heterocycles. The molecule has 3 aromatic rings. The highest BCUT2D eigenvalue weighted by Crippen LogP contribution is 2.34. The van der Waals surface area contributed by atoms with Gasteiger partial charge < -0.3 is 30.7 Å². The van der Waals surface area contributed by atoms with Crippen LogP contribution in [0.3, 0.4) is 0 Å². The molecule has 2 aromatic carbocycles. The molecule has 0 radical (unpaired) electrons. The number of ether oxygens (including phenoxy) is 2. The van der Waals surface area contributed by atoms with Crippen LogP contribution >= 0.6 is 11.6 Å². The lowest BCUT2D eigenvalue weighted by Crippen LogP contribution is -2.31. The van der Waals surface area contributed by atoms with Gasteiger partial charge in [0.05, 0.1) is 37.5 Å². The van der Waals surface area contributed by atoms with Gasteiger partial charge in [-0.2, -0.15) is 4.98 Å². The molecule has 4 N–H and O–H groups in total. The second-order valence-electron chi connectivity index (χ2n) is 9.21. The van der Waals surface area contributed by atoms with Gasteiger partial charge in [0.2, 0.25) is 11.9 Å². The van der Waals surface area contributed by atoms with Crippen molar-refractivity contribution in [1.82, 2.24) is 14.9 Å². The molecule has 0 saturated carbocycles. The first-order valence-corrected chi connectivity index (χ1v) is 14.6. The molecular formula is C26H31ClN6O5S. The van der Waals surface area contributed by atoms with Gasteiger partial charge in [-0.05, 0) is 54.3 Å². The topological polar surface area (TPSA) is 149 Å². The summed E-state index contributed by atoms with van der Waals surface area (Å²) in [7, 11) is 0.0823. The lowest BCUT2D eigenvalue weighted by molar-refractivity contribution is 0.1000. The largest absolute Gasteiger partial charge is 0.495 e. The molecule has 1 amide bonds. The Hall–Kier alpha value is -3.61. The van der Waals surface area contributed by atoms with E-state index >= 15 is 0 Å². The van der Waals surface area contributed by atoms with Crippen LogP contribution < -0.4 is 25.8 Å². The quantitative estimate of drug-likeness (QED) is 0.329. The van der Waals surface area contributed by atoms with Gasteiger partial charge in [0.15, 0.2) is 5.82 Å². The highest BCUT2D eigenvalue weighted by atomic mass is 35.5. The fourth-order valence-corrected chi connectivity index (χ4v) is 5.04. The van der Waals surface area contributed by atoms with E-state index in [4.69, 9.17) is 26.8 Å². The minimum Gasteiger partial charge on any atom is -0.495 e. The molecule has 11 nitrogen and oxygen atoms in total. The number of nitrogens with two attached hydrogens (primary N) is 1. The predicted octanol–water partition coefficient (Wildman–Crippen LogP) is 3.18. The molecule has 0 aliphatic carbocycles. The van der Waals surface area contributed by atoms with Crippen LogP contribution in [-0.4, -0.2) is 75.1 Å². The highest BCUT2D eigenvalue weighted by molar-refractivity contribution is 7.90. The van der Waals surface area contributed by atoms with Gasteiger partial charge in [-0.3, -0.25) is 4.79 Å². The number of hydrogen-bond donors (Lipinski definition) is 3. The molecule has 13 heteroatoms. The van der Waals surface area contributed by atoms with E-state index in [0.29, 0.717) is 40.8 Å². The molecule has 0 unspecified atom stereocenters. The zero-order valence-corrected chi connectivity index (χ0v) is 23.5. The zero-order chi connectivity index (χ0) is 28.2. The zero-order valence-electron chi connectivity index (χ0n) is 22.0. The van der Waals surface area contributed by atoms with Crippen molar-refractivity contribution in [2.24, 2.45) is 5.73 Å². The maximum atomic E-state index is 11.7. The molecule has 0 fully saturated rings. The number of nitrogens with one attached hydrogen (secondary N) is 2. The number of fused-ring (bicyclic) bond motifs is 1. The van der Waals surface area contributed by atoms with Gasteiger partial charge in [-0.25, -0.2) is 13.4 Å². The van der Waals surface area contributed by atoms with E-state index in [1.165, 1.54) is 19.6 Å². The molecule has 0 saturated heterocycles. The number of carbonyl (C=O) groups excluding carboxylic acids is 1. The predicted molar refractivity (Wildman–Crippen MR) is 152 cm³/mol. The van der Waals surface area contributed by atoms with Crippen LogP contribution in [0.25, 0.3) is 0 Å². The second-order valence-corrected chi connectivity index (χ2v) is 11.9. The van der Waals surface area contributed by atoms with Crippen molar-refractivity contribution in [3.8, 4) is 11.5 Å². The van der Waals surface area contributed by atoms with Crippen molar-refractivity contribution in [3.05, 3.63) is 58.2 Å². The third kappa shape index (κ3) is 7.28. The standard InChI is InChI=1S/C26H31ClN6O5S/c1-37-22-5-4-18(24(28)34)13-20(22)30-25-19(27)15-29-26(32-25)31-21-12-16-6-8-33(10-11-39(3,35)36)9-7-17(16)14-23(21)38-2/h4-5,12-15H,6-11H2,1-3H3,(H2,28,34)(H2,29,30,31,32). The monoisotopic (exact) mass is 574 g/mol. The van der Waals surface area contributed by atoms with E-state index in [2.05, 4.69) is 25.5 Å². The Morgan fingerprint density at radius 2 is 1.72 bits per heavy atom. The van der Waals surface area contributed by atoms with Crippen LogP contribution in [-0.2, 0) is 22.7 Å². The van der Waals surface area contributed by atoms with E-state index in [0.717, 1.165) is 37.1 Å². The molecule has 0 spiro atoms. The number of halogens is 1. The Morgan fingerprint density at radius 1 is 1.05 bits per heavy atom. The summed E-state index contributed by atoms with van der Waals surface area (Å²) in [5, 5.41) is 6.57. The third-order valence-corrected chi connectivity index (χ3v) is 7.62. The summed E-state index contributed by atoms with van der Waals surface area (Å²) < 4.78 is 34.2. The number of amides is 1. The van der Waals surface area contributed by atoms with E-state index in [1.807, 2.05) is 12.1 Å². The van der Waals surface area contributed by atoms with Gasteiger partial charge >= 0.3 is 0 Å². The van der Waals surface area contributed by atoms with Crippen LogP contribution in [0.15, 0.2) is 36.5 Å². The molecule has 1 aliphatic rings.